The fourth-order valence-corrected chi connectivity index (χ4v) is 3.39. The molecule has 0 unspecified atom stereocenters. The summed E-state index contributed by atoms with van der Waals surface area (Å²) in [5.74, 6) is -1.32. The van der Waals surface area contributed by atoms with Gasteiger partial charge in [0.15, 0.2) is 11.5 Å². The molecule has 2 N–H and O–H groups in total. The number of aromatic carboxylic acids is 1. The second-order valence-electron chi connectivity index (χ2n) is 6.72. The molecule has 1 rings (SSSR count). The van der Waals surface area contributed by atoms with E-state index in [1.54, 1.807) is 0 Å². The van der Waals surface area contributed by atoms with Crippen LogP contribution in [0.2, 0.25) is 0 Å². The zero-order valence-electron chi connectivity index (χ0n) is 17.1. The second kappa shape index (κ2) is 12.4. The number of benzene rings is 1. The second-order valence-corrected chi connectivity index (χ2v) is 6.72. The topological polar surface area (TPSA) is 85.2 Å². The minimum absolute atomic E-state index is 0.0693. The van der Waals surface area contributed by atoms with Crippen molar-refractivity contribution in [3.05, 3.63) is 16.7 Å². The molecule has 6 nitrogen and oxygen atoms in total. The molecule has 0 bridgehead atoms. The van der Waals surface area contributed by atoms with Gasteiger partial charge in [-0.2, -0.15) is 4.89 Å². The minimum atomic E-state index is -1.17. The van der Waals surface area contributed by atoms with Crippen molar-refractivity contribution in [3.8, 4) is 17.2 Å². The molecule has 1 aromatic rings. The van der Waals surface area contributed by atoms with Crippen molar-refractivity contribution in [2.24, 2.45) is 0 Å². The number of unbranched alkanes of at least 4 members (excludes halogenated alkanes) is 6. The van der Waals surface area contributed by atoms with Gasteiger partial charge < -0.3 is 19.8 Å². The Labute approximate surface area is 162 Å². The van der Waals surface area contributed by atoms with Crippen molar-refractivity contribution >= 4 is 5.97 Å². The number of methoxy groups -OCH3 is 1. The van der Waals surface area contributed by atoms with Crippen LogP contribution in [-0.4, -0.2) is 30.4 Å². The van der Waals surface area contributed by atoms with E-state index in [1.807, 2.05) is 0 Å². The number of rotatable bonds is 14. The van der Waals surface area contributed by atoms with Gasteiger partial charge in [-0.15, -0.1) is 0 Å². The Morgan fingerprint density at radius 3 is 1.85 bits per heavy atom. The SMILES string of the molecule is CCCCCCc1c(CCCCCC)c(C(=O)O)c(O)c(OOC)c1OC. The Balaban J connectivity index is 3.41. The average Bonchev–Trinajstić information content (AvgIpc) is 2.64. The summed E-state index contributed by atoms with van der Waals surface area (Å²) < 4.78 is 5.51. The Kier molecular flexibility index (Phi) is 10.6. The van der Waals surface area contributed by atoms with Crippen LogP contribution in [0, 0.1) is 0 Å². The highest BCUT2D eigenvalue weighted by atomic mass is 17.2. The Bertz CT molecular complexity index is 597. The number of carboxylic acids is 1. The number of ether oxygens (including phenoxy) is 1. The Morgan fingerprint density at radius 2 is 1.41 bits per heavy atom. The molecule has 0 atom stereocenters. The zero-order chi connectivity index (χ0) is 20.2. The van der Waals surface area contributed by atoms with Gasteiger partial charge in [-0.25, -0.2) is 4.79 Å². The monoisotopic (exact) mass is 382 g/mol. The quantitative estimate of drug-likeness (QED) is 0.258. The fraction of sp³-hybridized carbons (Fsp3) is 0.667. The molecule has 6 heteroatoms. The first kappa shape index (κ1) is 23.1. The third-order valence-electron chi connectivity index (χ3n) is 4.74. The number of aromatic hydroxyl groups is 1. The summed E-state index contributed by atoms with van der Waals surface area (Å²) in [5, 5.41) is 20.3. The lowest BCUT2D eigenvalue weighted by molar-refractivity contribution is -0.180. The molecule has 0 saturated heterocycles. The van der Waals surface area contributed by atoms with E-state index >= 15 is 0 Å². The van der Waals surface area contributed by atoms with Gasteiger partial charge in [0.2, 0.25) is 5.75 Å². The number of hydrogen-bond acceptors (Lipinski definition) is 5. The van der Waals surface area contributed by atoms with Gasteiger partial charge in [-0.3, -0.25) is 0 Å². The van der Waals surface area contributed by atoms with E-state index in [0.717, 1.165) is 56.9 Å². The molecule has 0 fully saturated rings. The fourth-order valence-electron chi connectivity index (χ4n) is 3.39. The standard InChI is InChI=1S/C21H34O6/c1-5-7-9-11-13-15-16(14-12-10-8-6-2)19(25-3)20(27-26-4)18(22)17(15)21(23)24/h22H,5-14H2,1-4H3,(H,23,24). The van der Waals surface area contributed by atoms with E-state index in [4.69, 9.17) is 14.5 Å². The summed E-state index contributed by atoms with van der Waals surface area (Å²) in [6, 6.07) is 0. The summed E-state index contributed by atoms with van der Waals surface area (Å²) in [7, 11) is 2.80. The lowest BCUT2D eigenvalue weighted by atomic mass is 9.90. The van der Waals surface area contributed by atoms with Gasteiger partial charge >= 0.3 is 5.97 Å². The molecular formula is C21H34O6. The molecule has 0 aliphatic rings. The van der Waals surface area contributed by atoms with Gasteiger partial charge in [0, 0.05) is 5.56 Å². The molecule has 0 aliphatic carbocycles. The normalized spacial score (nSPS) is 10.8. The van der Waals surface area contributed by atoms with Gasteiger partial charge in [0.05, 0.1) is 14.2 Å². The molecule has 27 heavy (non-hydrogen) atoms. The number of phenols is 1. The summed E-state index contributed by atoms with van der Waals surface area (Å²) in [6.07, 6.45) is 9.56. The van der Waals surface area contributed by atoms with Gasteiger partial charge in [0.25, 0.3) is 0 Å². The maximum Gasteiger partial charge on any atom is 0.339 e. The number of carbonyl (C=O) groups is 1. The van der Waals surface area contributed by atoms with E-state index in [0.29, 0.717) is 24.2 Å². The van der Waals surface area contributed by atoms with Crippen molar-refractivity contribution in [2.45, 2.75) is 78.1 Å². The predicted octanol–water partition coefficient (Wildman–Crippen LogP) is 5.28. The lowest BCUT2D eigenvalue weighted by Gasteiger charge is -2.21. The summed E-state index contributed by atoms with van der Waals surface area (Å²) in [5.41, 5.74) is 1.34. The smallest absolute Gasteiger partial charge is 0.339 e. The zero-order valence-corrected chi connectivity index (χ0v) is 17.1. The first-order valence-electron chi connectivity index (χ1n) is 9.91. The van der Waals surface area contributed by atoms with Crippen LogP contribution >= 0.6 is 0 Å². The van der Waals surface area contributed by atoms with Crippen LogP contribution in [0.25, 0.3) is 0 Å². The van der Waals surface area contributed by atoms with Crippen molar-refractivity contribution in [2.75, 3.05) is 14.2 Å². The van der Waals surface area contributed by atoms with Crippen LogP contribution < -0.4 is 9.62 Å². The summed E-state index contributed by atoms with van der Waals surface area (Å²) in [4.78, 5) is 21.7. The molecule has 1 aromatic carbocycles. The van der Waals surface area contributed by atoms with Crippen molar-refractivity contribution in [1.29, 1.82) is 0 Å². The van der Waals surface area contributed by atoms with Crippen LogP contribution in [0.5, 0.6) is 17.2 Å². The van der Waals surface area contributed by atoms with Crippen molar-refractivity contribution in [1.82, 2.24) is 0 Å². The van der Waals surface area contributed by atoms with E-state index in [2.05, 4.69) is 13.8 Å². The number of carboxylic acid groups (broad SMARTS) is 1. The Morgan fingerprint density at radius 1 is 0.852 bits per heavy atom. The molecule has 0 spiro atoms. The summed E-state index contributed by atoms with van der Waals surface area (Å²) in [6.45, 7) is 4.28. The van der Waals surface area contributed by atoms with E-state index < -0.39 is 11.7 Å². The van der Waals surface area contributed by atoms with E-state index in [-0.39, 0.29) is 11.3 Å². The number of hydrogen-bond donors (Lipinski definition) is 2. The molecule has 0 saturated carbocycles. The largest absolute Gasteiger partial charge is 0.503 e. The third-order valence-corrected chi connectivity index (χ3v) is 4.74. The maximum atomic E-state index is 11.9. The third kappa shape index (κ3) is 6.31. The minimum Gasteiger partial charge on any atom is -0.503 e. The molecule has 154 valence electrons. The van der Waals surface area contributed by atoms with Crippen molar-refractivity contribution < 1.29 is 29.5 Å². The lowest BCUT2D eigenvalue weighted by Crippen LogP contribution is -2.11. The van der Waals surface area contributed by atoms with Gasteiger partial charge in [-0.05, 0) is 31.2 Å². The highest BCUT2D eigenvalue weighted by Crippen LogP contribution is 2.46. The van der Waals surface area contributed by atoms with Crippen LogP contribution in [0.15, 0.2) is 0 Å². The highest BCUT2D eigenvalue weighted by Gasteiger charge is 2.29. The first-order chi connectivity index (χ1) is 13.0. The molecule has 0 amide bonds. The maximum absolute atomic E-state index is 11.9. The van der Waals surface area contributed by atoms with Gasteiger partial charge in [0.1, 0.15) is 5.56 Å². The van der Waals surface area contributed by atoms with Crippen LogP contribution in [-0.2, 0) is 17.7 Å². The van der Waals surface area contributed by atoms with E-state index in [9.17, 15) is 15.0 Å². The molecule has 0 aliphatic heterocycles. The Hall–Kier alpha value is -1.95. The summed E-state index contributed by atoms with van der Waals surface area (Å²) >= 11 is 0. The van der Waals surface area contributed by atoms with Crippen LogP contribution in [0.4, 0.5) is 0 Å². The van der Waals surface area contributed by atoms with Crippen LogP contribution in [0.1, 0.15) is 86.7 Å². The van der Waals surface area contributed by atoms with Crippen molar-refractivity contribution in [3.63, 3.8) is 0 Å². The van der Waals surface area contributed by atoms with Gasteiger partial charge in [-0.1, -0.05) is 52.4 Å². The predicted molar refractivity (Wildman–Crippen MR) is 105 cm³/mol. The van der Waals surface area contributed by atoms with Crippen LogP contribution in [0.3, 0.4) is 0 Å². The molecule has 0 aromatic heterocycles. The van der Waals surface area contributed by atoms with E-state index in [1.165, 1.54) is 14.2 Å². The molecule has 0 radical (unpaired) electrons. The highest BCUT2D eigenvalue weighted by molar-refractivity contribution is 5.95. The molecular weight excluding hydrogens is 348 g/mol. The first-order valence-corrected chi connectivity index (χ1v) is 9.91. The molecule has 0 heterocycles. The average molecular weight is 382 g/mol.